The van der Waals surface area contributed by atoms with Crippen molar-refractivity contribution in [2.45, 2.75) is 65.4 Å². The molecule has 2 amide bonds. The van der Waals surface area contributed by atoms with Crippen LogP contribution in [-0.4, -0.2) is 106 Å². The fourth-order valence-corrected chi connectivity index (χ4v) is 6.94. The predicted octanol–water partition coefficient (Wildman–Crippen LogP) is 1.04. The maximum absolute atomic E-state index is 13.8. The van der Waals surface area contributed by atoms with Crippen LogP contribution in [0.1, 0.15) is 56.3 Å². The van der Waals surface area contributed by atoms with E-state index in [9.17, 15) is 38.7 Å². The number of fused-ring (bicyclic) bond motifs is 4. The molecule has 3 aromatic heterocycles. The molecule has 0 saturated heterocycles. The fourth-order valence-electron chi connectivity index (χ4n) is 6.94. The molecule has 0 unspecified atom stereocenters. The van der Waals surface area contributed by atoms with Gasteiger partial charge in [0.2, 0.25) is 0 Å². The Labute approximate surface area is 352 Å². The fraction of sp³-hybridized carbons (Fsp3) is 0.350. The van der Waals surface area contributed by atoms with Crippen LogP contribution in [0.15, 0.2) is 70.5 Å². The standard InChI is InChI=1S/C40H45N11O11/c1-5-60-33(56)19-49(47-39(59)61-21-28-26-12-8-6-10-24(26)25-11-7-9-13-27(25)28)16-29-44-35-36(41)42-22-43-37(35)51(29)17-31(53)46-48(18-32(54)55)15-23-14-30(52)45-38(58)50(23)20-34(57)62-40(2,3)4/h6-14,22,28H,5,15-21H2,1-4H3,(H,46,53)(H,47,59)(H,54,55)(H2,41,42,43)(H,45,52,58). The summed E-state index contributed by atoms with van der Waals surface area (Å²) in [6, 6.07) is 16.6. The molecular weight excluding hydrogens is 811 g/mol. The number of nitrogens with one attached hydrogen (secondary N) is 3. The summed E-state index contributed by atoms with van der Waals surface area (Å²) in [6.07, 6.45) is 0.237. The first-order valence-corrected chi connectivity index (χ1v) is 19.3. The van der Waals surface area contributed by atoms with Crippen molar-refractivity contribution in [2.24, 2.45) is 0 Å². The van der Waals surface area contributed by atoms with E-state index in [2.05, 4.69) is 30.8 Å². The Hall–Kier alpha value is -7.46. The Balaban J connectivity index is 1.23. The van der Waals surface area contributed by atoms with Crippen molar-refractivity contribution in [3.8, 4) is 11.1 Å². The number of imidazole rings is 1. The van der Waals surface area contributed by atoms with Crippen molar-refractivity contribution in [2.75, 3.05) is 32.0 Å². The Bertz CT molecular complexity index is 2590. The van der Waals surface area contributed by atoms with Crippen molar-refractivity contribution in [3.05, 3.63) is 104 Å². The Morgan fingerprint density at radius 1 is 0.871 bits per heavy atom. The minimum atomic E-state index is -1.39. The highest BCUT2D eigenvalue weighted by Gasteiger charge is 2.30. The predicted molar refractivity (Wildman–Crippen MR) is 218 cm³/mol. The van der Waals surface area contributed by atoms with Crippen LogP contribution in [0.2, 0.25) is 0 Å². The number of H-pyrrole nitrogens is 1. The molecule has 5 aromatic rings. The zero-order valence-electron chi connectivity index (χ0n) is 34.2. The lowest BCUT2D eigenvalue weighted by Crippen LogP contribution is -2.48. The van der Waals surface area contributed by atoms with E-state index >= 15 is 0 Å². The lowest BCUT2D eigenvalue weighted by Gasteiger charge is -2.24. The number of rotatable bonds is 17. The van der Waals surface area contributed by atoms with Crippen molar-refractivity contribution in [3.63, 3.8) is 0 Å². The molecule has 0 aliphatic heterocycles. The number of hydrogen-bond donors (Lipinski definition) is 5. The molecule has 2 aromatic carbocycles. The summed E-state index contributed by atoms with van der Waals surface area (Å²) in [5.41, 5.74) is 12.5. The number of nitrogen functional groups attached to an aromatic ring is 1. The Morgan fingerprint density at radius 2 is 1.53 bits per heavy atom. The third-order valence-corrected chi connectivity index (χ3v) is 9.28. The number of carboxylic acid groups (broad SMARTS) is 1. The molecule has 0 atom stereocenters. The van der Waals surface area contributed by atoms with Gasteiger partial charge in [-0.3, -0.25) is 44.4 Å². The first-order valence-electron chi connectivity index (χ1n) is 19.3. The summed E-state index contributed by atoms with van der Waals surface area (Å²) in [6.45, 7) is 3.13. The number of benzene rings is 2. The number of ether oxygens (including phenoxy) is 3. The number of aromatic amines is 1. The van der Waals surface area contributed by atoms with Crippen LogP contribution >= 0.6 is 0 Å². The van der Waals surface area contributed by atoms with Gasteiger partial charge in [0.05, 0.1) is 19.7 Å². The summed E-state index contributed by atoms with van der Waals surface area (Å²) in [4.78, 5) is 105. The molecule has 1 aliphatic rings. The molecule has 0 saturated carbocycles. The van der Waals surface area contributed by atoms with E-state index in [1.54, 1.807) is 27.7 Å². The molecule has 3 heterocycles. The Kier molecular flexibility index (Phi) is 13.4. The van der Waals surface area contributed by atoms with E-state index in [1.165, 1.54) is 9.58 Å². The van der Waals surface area contributed by atoms with E-state index in [0.29, 0.717) is 0 Å². The average Bonchev–Trinajstić information content (AvgIpc) is 3.69. The highest BCUT2D eigenvalue weighted by atomic mass is 16.6. The number of nitrogens with zero attached hydrogens (tertiary/aromatic N) is 7. The van der Waals surface area contributed by atoms with Crippen LogP contribution in [0.5, 0.6) is 0 Å². The van der Waals surface area contributed by atoms with Crippen LogP contribution in [-0.2, 0) is 59.6 Å². The molecule has 0 spiro atoms. The normalized spacial score (nSPS) is 12.2. The molecule has 6 N–H and O–H groups in total. The van der Waals surface area contributed by atoms with Crippen LogP contribution in [0, 0.1) is 0 Å². The van der Waals surface area contributed by atoms with Gasteiger partial charge in [0.25, 0.3) is 11.5 Å². The number of hydrazine groups is 2. The number of amides is 2. The third-order valence-electron chi connectivity index (χ3n) is 9.28. The van der Waals surface area contributed by atoms with Gasteiger partial charge < -0.3 is 29.6 Å². The molecule has 22 heteroatoms. The second-order valence-electron chi connectivity index (χ2n) is 15.0. The number of aliphatic carboxylic acids is 1. The van der Waals surface area contributed by atoms with Gasteiger partial charge in [-0.1, -0.05) is 48.5 Å². The van der Waals surface area contributed by atoms with Gasteiger partial charge >= 0.3 is 29.7 Å². The minimum Gasteiger partial charge on any atom is -0.480 e. The zero-order chi connectivity index (χ0) is 44.7. The van der Waals surface area contributed by atoms with E-state index in [1.807, 2.05) is 48.5 Å². The Morgan fingerprint density at radius 3 is 2.18 bits per heavy atom. The number of carboxylic acids is 1. The zero-order valence-corrected chi connectivity index (χ0v) is 34.2. The molecule has 1 aliphatic carbocycles. The van der Waals surface area contributed by atoms with Crippen LogP contribution in [0.25, 0.3) is 22.3 Å². The number of aromatic nitrogens is 6. The molecule has 6 rings (SSSR count). The number of hydrogen-bond acceptors (Lipinski definition) is 16. The maximum atomic E-state index is 13.8. The number of carbonyl (C=O) groups excluding carboxylic acids is 4. The maximum Gasteiger partial charge on any atom is 0.421 e. The highest BCUT2D eigenvalue weighted by Crippen LogP contribution is 2.44. The second kappa shape index (κ2) is 18.9. The van der Waals surface area contributed by atoms with Crippen LogP contribution in [0.4, 0.5) is 10.6 Å². The summed E-state index contributed by atoms with van der Waals surface area (Å²) in [5, 5.41) is 11.8. The molecule has 326 valence electrons. The first kappa shape index (κ1) is 44.1. The van der Waals surface area contributed by atoms with Gasteiger partial charge in [0, 0.05) is 17.7 Å². The van der Waals surface area contributed by atoms with E-state index in [0.717, 1.165) is 44.2 Å². The number of nitrogens with two attached hydrogens (primary N) is 1. The average molecular weight is 856 g/mol. The molecule has 0 radical (unpaired) electrons. The van der Waals surface area contributed by atoms with Crippen molar-refractivity contribution in [1.29, 1.82) is 0 Å². The monoisotopic (exact) mass is 855 g/mol. The van der Waals surface area contributed by atoms with Crippen molar-refractivity contribution >= 4 is 46.9 Å². The number of anilines is 1. The number of esters is 2. The lowest BCUT2D eigenvalue weighted by atomic mass is 9.98. The van der Waals surface area contributed by atoms with Crippen molar-refractivity contribution in [1.82, 2.24) is 49.9 Å². The van der Waals surface area contributed by atoms with Crippen LogP contribution in [0.3, 0.4) is 0 Å². The molecule has 0 fully saturated rings. The lowest BCUT2D eigenvalue weighted by molar-refractivity contribution is -0.156. The first-order chi connectivity index (χ1) is 29.5. The molecule has 62 heavy (non-hydrogen) atoms. The SMILES string of the molecule is CCOC(=O)CN(Cc1nc2c(N)ncnc2n1CC(=O)NN(CC(=O)O)Cc1cc(=O)[nH]c(=O)n1CC(=O)OC(C)(C)C)NC(=O)OCC1c2ccccc2-c2ccccc21. The van der Waals surface area contributed by atoms with E-state index < -0.39 is 79.5 Å². The van der Waals surface area contributed by atoms with Gasteiger partial charge in [-0.05, 0) is 49.9 Å². The third kappa shape index (κ3) is 10.8. The quantitative estimate of drug-likeness (QED) is 0.0496. The van der Waals surface area contributed by atoms with E-state index in [4.69, 9.17) is 19.9 Å². The number of carbonyl (C=O) groups is 5. The summed E-state index contributed by atoms with van der Waals surface area (Å²) in [5.74, 6) is -4.00. The van der Waals surface area contributed by atoms with Crippen LogP contribution < -0.4 is 27.8 Å². The van der Waals surface area contributed by atoms with Gasteiger partial charge in [-0.25, -0.2) is 29.5 Å². The molecular formula is C40H45N11O11. The topological polar surface area (TPSA) is 288 Å². The molecule has 0 bridgehead atoms. The summed E-state index contributed by atoms with van der Waals surface area (Å²) < 4.78 is 18.4. The summed E-state index contributed by atoms with van der Waals surface area (Å²) >= 11 is 0. The van der Waals surface area contributed by atoms with Gasteiger partial charge in [-0.15, -0.1) is 0 Å². The summed E-state index contributed by atoms with van der Waals surface area (Å²) in [7, 11) is 0. The molecule has 22 nitrogen and oxygen atoms in total. The van der Waals surface area contributed by atoms with Gasteiger partial charge in [0.1, 0.15) is 50.5 Å². The van der Waals surface area contributed by atoms with E-state index in [-0.39, 0.29) is 54.2 Å². The van der Waals surface area contributed by atoms with Gasteiger partial charge in [-0.2, -0.15) is 5.01 Å². The van der Waals surface area contributed by atoms with Crippen molar-refractivity contribution < 1.29 is 43.3 Å². The highest BCUT2D eigenvalue weighted by molar-refractivity contribution is 5.84. The second-order valence-corrected chi connectivity index (χ2v) is 15.0. The van der Waals surface area contributed by atoms with Gasteiger partial charge in [0.15, 0.2) is 17.0 Å². The minimum absolute atomic E-state index is 0.0285. The smallest absolute Gasteiger partial charge is 0.421 e. The largest absolute Gasteiger partial charge is 0.480 e.